The fraction of sp³-hybridized carbons (Fsp3) is 0.412. The molecule has 0 spiro atoms. The fourth-order valence-electron chi connectivity index (χ4n) is 2.87. The number of nitrogens with one attached hydrogen (secondary N) is 1. The number of piperazine rings is 1. The van der Waals surface area contributed by atoms with Crippen molar-refractivity contribution in [3.63, 3.8) is 0 Å². The summed E-state index contributed by atoms with van der Waals surface area (Å²) in [7, 11) is 0. The zero-order chi connectivity index (χ0) is 15.2. The second-order valence-corrected chi connectivity index (χ2v) is 5.70. The Bertz CT molecular complexity index is 612. The minimum atomic E-state index is -0.150. The van der Waals surface area contributed by atoms with Gasteiger partial charge in [-0.3, -0.25) is 9.69 Å². The molecule has 1 aromatic heterocycles. The Morgan fingerprint density at radius 2 is 1.77 bits per heavy atom. The molecule has 1 saturated heterocycles. The maximum atomic E-state index is 11.0. The molecule has 116 valence electrons. The van der Waals surface area contributed by atoms with E-state index in [0.717, 1.165) is 45.0 Å². The van der Waals surface area contributed by atoms with Crippen molar-refractivity contribution in [2.45, 2.75) is 12.8 Å². The SMILES string of the molecule is O=c1ccc(N2CCN(CCCc3ccccc3)CC2)n[nH]1. The summed E-state index contributed by atoms with van der Waals surface area (Å²) < 4.78 is 0. The second kappa shape index (κ2) is 7.22. The molecular formula is C17H22N4O. The van der Waals surface area contributed by atoms with E-state index in [0.29, 0.717) is 0 Å². The number of hydrogen-bond acceptors (Lipinski definition) is 4. The molecule has 1 aromatic carbocycles. The summed E-state index contributed by atoms with van der Waals surface area (Å²) in [6.07, 6.45) is 2.34. The number of aryl methyl sites for hydroxylation is 1. The van der Waals surface area contributed by atoms with E-state index in [2.05, 4.69) is 50.3 Å². The van der Waals surface area contributed by atoms with E-state index in [9.17, 15) is 4.79 Å². The van der Waals surface area contributed by atoms with Gasteiger partial charge in [-0.15, -0.1) is 0 Å². The number of rotatable bonds is 5. The summed E-state index contributed by atoms with van der Waals surface area (Å²) in [6.45, 7) is 5.17. The highest BCUT2D eigenvalue weighted by molar-refractivity contribution is 5.36. The van der Waals surface area contributed by atoms with Crippen molar-refractivity contribution in [3.8, 4) is 0 Å². The Hall–Kier alpha value is -2.14. The lowest BCUT2D eigenvalue weighted by Crippen LogP contribution is -2.47. The van der Waals surface area contributed by atoms with Crippen LogP contribution >= 0.6 is 0 Å². The normalized spacial score (nSPS) is 15.9. The Balaban J connectivity index is 1.42. The van der Waals surface area contributed by atoms with Crippen molar-refractivity contribution < 1.29 is 0 Å². The molecule has 0 unspecified atom stereocenters. The summed E-state index contributed by atoms with van der Waals surface area (Å²) in [5, 5.41) is 6.60. The molecule has 0 radical (unpaired) electrons. The molecule has 2 aromatic rings. The van der Waals surface area contributed by atoms with Crippen LogP contribution in [0.2, 0.25) is 0 Å². The van der Waals surface area contributed by atoms with Crippen molar-refractivity contribution in [1.29, 1.82) is 0 Å². The van der Waals surface area contributed by atoms with Crippen LogP contribution in [0.1, 0.15) is 12.0 Å². The highest BCUT2D eigenvalue weighted by atomic mass is 16.1. The van der Waals surface area contributed by atoms with Gasteiger partial charge in [-0.2, -0.15) is 5.10 Å². The minimum Gasteiger partial charge on any atom is -0.353 e. The first kappa shape index (κ1) is 14.8. The Morgan fingerprint density at radius 3 is 2.45 bits per heavy atom. The summed E-state index contributed by atoms with van der Waals surface area (Å²) in [5.41, 5.74) is 1.27. The maximum Gasteiger partial charge on any atom is 0.264 e. The van der Waals surface area contributed by atoms with Gasteiger partial charge >= 0.3 is 0 Å². The van der Waals surface area contributed by atoms with Gasteiger partial charge < -0.3 is 4.90 Å². The lowest BCUT2D eigenvalue weighted by molar-refractivity contribution is 0.254. The predicted octanol–water partition coefficient (Wildman–Crippen LogP) is 1.52. The number of H-pyrrole nitrogens is 1. The predicted molar refractivity (Wildman–Crippen MR) is 88.3 cm³/mol. The van der Waals surface area contributed by atoms with Crippen LogP contribution in [0.5, 0.6) is 0 Å². The van der Waals surface area contributed by atoms with Gasteiger partial charge in [0.1, 0.15) is 5.82 Å². The molecule has 5 nitrogen and oxygen atoms in total. The quantitative estimate of drug-likeness (QED) is 0.909. The third kappa shape index (κ3) is 3.95. The van der Waals surface area contributed by atoms with E-state index in [4.69, 9.17) is 0 Å². The van der Waals surface area contributed by atoms with Crippen molar-refractivity contribution in [3.05, 3.63) is 58.4 Å². The van der Waals surface area contributed by atoms with Crippen LogP contribution in [0.15, 0.2) is 47.3 Å². The first-order chi connectivity index (χ1) is 10.8. The molecule has 1 fully saturated rings. The van der Waals surface area contributed by atoms with Gasteiger partial charge in [0.15, 0.2) is 0 Å². The molecule has 1 aliphatic rings. The molecule has 0 bridgehead atoms. The number of aromatic amines is 1. The van der Waals surface area contributed by atoms with Gasteiger partial charge in [0.05, 0.1) is 0 Å². The summed E-state index contributed by atoms with van der Waals surface area (Å²) in [6, 6.07) is 14.0. The monoisotopic (exact) mass is 298 g/mol. The first-order valence-corrected chi connectivity index (χ1v) is 7.88. The lowest BCUT2D eigenvalue weighted by atomic mass is 10.1. The third-order valence-electron chi connectivity index (χ3n) is 4.14. The molecule has 22 heavy (non-hydrogen) atoms. The highest BCUT2D eigenvalue weighted by Gasteiger charge is 2.17. The van der Waals surface area contributed by atoms with E-state index in [1.165, 1.54) is 18.1 Å². The van der Waals surface area contributed by atoms with Crippen LogP contribution in [0, 0.1) is 0 Å². The van der Waals surface area contributed by atoms with E-state index < -0.39 is 0 Å². The summed E-state index contributed by atoms with van der Waals surface area (Å²) in [4.78, 5) is 15.8. The molecule has 0 saturated carbocycles. The smallest absolute Gasteiger partial charge is 0.264 e. The molecule has 2 heterocycles. The minimum absolute atomic E-state index is 0.150. The number of benzene rings is 1. The number of aromatic nitrogens is 2. The van der Waals surface area contributed by atoms with Gasteiger partial charge in [-0.05, 0) is 31.0 Å². The maximum absolute atomic E-state index is 11.0. The van der Waals surface area contributed by atoms with Crippen molar-refractivity contribution in [1.82, 2.24) is 15.1 Å². The van der Waals surface area contributed by atoms with Gasteiger partial charge in [0, 0.05) is 32.2 Å². The van der Waals surface area contributed by atoms with Crippen molar-refractivity contribution in [2.75, 3.05) is 37.6 Å². The van der Waals surface area contributed by atoms with Gasteiger partial charge in [0.2, 0.25) is 0 Å². The van der Waals surface area contributed by atoms with Gasteiger partial charge in [-0.25, -0.2) is 5.10 Å². The molecule has 1 N–H and O–H groups in total. The average molecular weight is 298 g/mol. The van der Waals surface area contributed by atoms with Crippen LogP contribution < -0.4 is 10.5 Å². The van der Waals surface area contributed by atoms with E-state index in [1.54, 1.807) is 6.07 Å². The molecule has 3 rings (SSSR count). The topological polar surface area (TPSA) is 52.2 Å². The number of hydrogen-bond donors (Lipinski definition) is 1. The Kier molecular flexibility index (Phi) is 4.85. The molecular weight excluding hydrogens is 276 g/mol. The summed E-state index contributed by atoms with van der Waals surface area (Å²) in [5.74, 6) is 0.864. The average Bonchev–Trinajstić information content (AvgIpc) is 2.57. The largest absolute Gasteiger partial charge is 0.353 e. The van der Waals surface area contributed by atoms with E-state index in [1.807, 2.05) is 0 Å². The van der Waals surface area contributed by atoms with Crippen LogP contribution in [-0.4, -0.2) is 47.8 Å². The second-order valence-electron chi connectivity index (χ2n) is 5.70. The van der Waals surface area contributed by atoms with E-state index in [-0.39, 0.29) is 5.56 Å². The lowest BCUT2D eigenvalue weighted by Gasteiger charge is -2.35. The zero-order valence-corrected chi connectivity index (χ0v) is 12.7. The molecule has 1 aliphatic heterocycles. The zero-order valence-electron chi connectivity index (χ0n) is 12.7. The number of nitrogens with zero attached hydrogens (tertiary/aromatic N) is 3. The highest BCUT2D eigenvalue weighted by Crippen LogP contribution is 2.12. The van der Waals surface area contributed by atoms with Crippen LogP contribution in [-0.2, 0) is 6.42 Å². The van der Waals surface area contributed by atoms with Crippen molar-refractivity contribution in [2.24, 2.45) is 0 Å². The standard InChI is InChI=1S/C17H22N4O/c22-17-9-8-16(18-19-17)21-13-11-20(12-14-21)10-4-7-15-5-2-1-3-6-15/h1-3,5-6,8-9H,4,7,10-14H2,(H,19,22). The van der Waals surface area contributed by atoms with Crippen molar-refractivity contribution >= 4 is 5.82 Å². The first-order valence-electron chi connectivity index (χ1n) is 7.88. The van der Waals surface area contributed by atoms with Crippen LogP contribution in [0.4, 0.5) is 5.82 Å². The van der Waals surface area contributed by atoms with Crippen LogP contribution in [0.3, 0.4) is 0 Å². The van der Waals surface area contributed by atoms with Gasteiger partial charge in [-0.1, -0.05) is 30.3 Å². The summed E-state index contributed by atoms with van der Waals surface area (Å²) >= 11 is 0. The Morgan fingerprint density at radius 1 is 1.00 bits per heavy atom. The fourth-order valence-corrected chi connectivity index (χ4v) is 2.87. The molecule has 0 amide bonds. The third-order valence-corrected chi connectivity index (χ3v) is 4.14. The van der Waals surface area contributed by atoms with E-state index >= 15 is 0 Å². The van der Waals surface area contributed by atoms with Gasteiger partial charge in [0.25, 0.3) is 5.56 Å². The molecule has 0 aliphatic carbocycles. The number of anilines is 1. The van der Waals surface area contributed by atoms with Crippen LogP contribution in [0.25, 0.3) is 0 Å². The molecule has 5 heteroatoms. The Labute approximate surface area is 130 Å². The molecule has 0 atom stereocenters.